The molecule has 1 saturated heterocycles. The van der Waals surface area contributed by atoms with Crippen LogP contribution in [0.3, 0.4) is 0 Å². The number of aryl methyl sites for hydroxylation is 1. The third-order valence-corrected chi connectivity index (χ3v) is 4.24. The van der Waals surface area contributed by atoms with Crippen molar-refractivity contribution in [3.8, 4) is 11.1 Å². The Bertz CT molecular complexity index is 874. The number of carbonyl (C=O) groups is 1. The molecule has 2 aliphatic rings. The van der Waals surface area contributed by atoms with Gasteiger partial charge in [-0.2, -0.15) is 10.2 Å². The first-order valence-corrected chi connectivity index (χ1v) is 8.49. The van der Waals surface area contributed by atoms with Crippen LogP contribution in [0.4, 0.5) is 5.69 Å². The minimum Gasteiger partial charge on any atom is -0.310 e. The summed E-state index contributed by atoms with van der Waals surface area (Å²) in [6.45, 7) is 0.784. The number of fused-ring (bicyclic) bond motifs is 1. The largest absolute Gasteiger partial charge is 0.310 e. The van der Waals surface area contributed by atoms with Gasteiger partial charge in [-0.05, 0) is 18.6 Å². The van der Waals surface area contributed by atoms with Crippen molar-refractivity contribution in [1.29, 1.82) is 0 Å². The standard InChI is InChI=1S/C15H15N5O.C3H6/c1-18-9-12(8-17-18)11-7-14-13(4-5-16-20(14)10-11)19-6-2-3-15(19)21;1-2-3-1/h4-5,7-10H,2-3,6H2,1H3;1-3H2. The Balaban J connectivity index is 0.000000440. The Morgan fingerprint density at radius 2 is 1.88 bits per heavy atom. The molecule has 2 fully saturated rings. The molecule has 0 N–H and O–H groups in total. The number of hydrogen-bond donors (Lipinski definition) is 0. The lowest BCUT2D eigenvalue weighted by Crippen LogP contribution is -2.24. The van der Waals surface area contributed by atoms with Crippen molar-refractivity contribution in [2.24, 2.45) is 7.05 Å². The van der Waals surface area contributed by atoms with E-state index in [4.69, 9.17) is 0 Å². The molecule has 0 atom stereocenters. The van der Waals surface area contributed by atoms with E-state index < -0.39 is 0 Å². The van der Waals surface area contributed by atoms with Crippen LogP contribution < -0.4 is 4.90 Å². The van der Waals surface area contributed by atoms with Gasteiger partial charge in [0.15, 0.2) is 0 Å². The zero-order chi connectivity index (χ0) is 16.5. The van der Waals surface area contributed by atoms with Gasteiger partial charge in [-0.25, -0.2) is 4.52 Å². The van der Waals surface area contributed by atoms with Crippen molar-refractivity contribution in [1.82, 2.24) is 19.4 Å². The van der Waals surface area contributed by atoms with Gasteiger partial charge in [0.25, 0.3) is 0 Å². The molecule has 1 saturated carbocycles. The van der Waals surface area contributed by atoms with Crippen molar-refractivity contribution in [3.05, 3.63) is 36.9 Å². The molecule has 1 aliphatic carbocycles. The monoisotopic (exact) mass is 323 g/mol. The first-order valence-electron chi connectivity index (χ1n) is 8.49. The molecule has 5 rings (SSSR count). The molecular formula is C18H21N5O. The topological polar surface area (TPSA) is 55.4 Å². The molecule has 3 aromatic rings. The molecule has 0 spiro atoms. The molecule has 124 valence electrons. The molecule has 1 aliphatic heterocycles. The lowest BCUT2D eigenvalue weighted by molar-refractivity contribution is -0.117. The van der Waals surface area contributed by atoms with E-state index in [2.05, 4.69) is 16.3 Å². The zero-order valence-electron chi connectivity index (χ0n) is 13.9. The highest BCUT2D eigenvalue weighted by Gasteiger charge is 2.24. The first-order chi connectivity index (χ1) is 11.7. The fraction of sp³-hybridized carbons (Fsp3) is 0.389. The minimum absolute atomic E-state index is 0.187. The second-order valence-electron chi connectivity index (χ2n) is 6.39. The van der Waals surface area contributed by atoms with Gasteiger partial charge in [0.1, 0.15) is 0 Å². The van der Waals surface area contributed by atoms with Crippen LogP contribution in [0.1, 0.15) is 32.1 Å². The van der Waals surface area contributed by atoms with Crippen molar-refractivity contribution in [3.63, 3.8) is 0 Å². The van der Waals surface area contributed by atoms with Gasteiger partial charge in [0.2, 0.25) is 5.91 Å². The normalized spacial score (nSPS) is 16.4. The predicted octanol–water partition coefficient (Wildman–Crippen LogP) is 3.03. The second kappa shape index (κ2) is 6.11. The number of amides is 1. The maximum absolute atomic E-state index is 12.0. The van der Waals surface area contributed by atoms with Crippen molar-refractivity contribution < 1.29 is 4.79 Å². The Morgan fingerprint density at radius 1 is 1.04 bits per heavy atom. The van der Waals surface area contributed by atoms with Crippen LogP contribution in [0.15, 0.2) is 36.9 Å². The first kappa shape index (κ1) is 14.9. The lowest BCUT2D eigenvalue weighted by Gasteiger charge is -2.16. The zero-order valence-corrected chi connectivity index (χ0v) is 13.9. The molecule has 0 aromatic carbocycles. The molecule has 24 heavy (non-hydrogen) atoms. The Hall–Kier alpha value is -2.63. The summed E-state index contributed by atoms with van der Waals surface area (Å²) < 4.78 is 3.60. The Kier molecular flexibility index (Phi) is 3.80. The van der Waals surface area contributed by atoms with Crippen LogP contribution in [0, 0.1) is 0 Å². The lowest BCUT2D eigenvalue weighted by atomic mass is 10.2. The SMILES string of the molecule is C1CC1.Cn1cc(-c2cc3c(N4CCCC4=O)ccnn3c2)cn1. The van der Waals surface area contributed by atoms with E-state index in [9.17, 15) is 4.79 Å². The summed E-state index contributed by atoms with van der Waals surface area (Å²) in [6.07, 6.45) is 13.6. The smallest absolute Gasteiger partial charge is 0.227 e. The van der Waals surface area contributed by atoms with Crippen LogP contribution in [-0.2, 0) is 11.8 Å². The number of aromatic nitrogens is 4. The number of hydrogen-bond acceptors (Lipinski definition) is 3. The van der Waals surface area contributed by atoms with E-state index in [-0.39, 0.29) is 5.91 Å². The summed E-state index contributed by atoms with van der Waals surface area (Å²) in [7, 11) is 1.89. The summed E-state index contributed by atoms with van der Waals surface area (Å²) in [5.41, 5.74) is 3.98. The minimum atomic E-state index is 0.187. The number of nitrogens with zero attached hydrogens (tertiary/aromatic N) is 5. The van der Waals surface area contributed by atoms with Gasteiger partial charge in [-0.3, -0.25) is 9.48 Å². The van der Waals surface area contributed by atoms with Gasteiger partial charge < -0.3 is 4.90 Å². The van der Waals surface area contributed by atoms with Crippen LogP contribution in [-0.4, -0.2) is 31.8 Å². The number of carbonyl (C=O) groups excluding carboxylic acids is 1. The second-order valence-corrected chi connectivity index (χ2v) is 6.39. The van der Waals surface area contributed by atoms with Crippen molar-refractivity contribution >= 4 is 17.1 Å². The molecule has 6 heteroatoms. The van der Waals surface area contributed by atoms with E-state index in [1.807, 2.05) is 41.1 Å². The summed E-state index contributed by atoms with van der Waals surface area (Å²) in [6, 6.07) is 3.97. The number of anilines is 1. The summed E-state index contributed by atoms with van der Waals surface area (Å²) in [5.74, 6) is 0.187. The summed E-state index contributed by atoms with van der Waals surface area (Å²) in [5, 5.41) is 8.54. The Morgan fingerprint density at radius 3 is 2.50 bits per heavy atom. The summed E-state index contributed by atoms with van der Waals surface area (Å²) >= 11 is 0. The van der Waals surface area contributed by atoms with Crippen LogP contribution in [0.25, 0.3) is 16.6 Å². The average molecular weight is 323 g/mol. The van der Waals surface area contributed by atoms with Crippen molar-refractivity contribution in [2.75, 3.05) is 11.4 Å². The third kappa shape index (κ3) is 2.91. The van der Waals surface area contributed by atoms with Crippen LogP contribution in [0.2, 0.25) is 0 Å². The van der Waals surface area contributed by atoms with E-state index in [0.29, 0.717) is 6.42 Å². The molecule has 0 bridgehead atoms. The van der Waals surface area contributed by atoms with Gasteiger partial charge in [0.05, 0.1) is 17.4 Å². The molecule has 1 amide bonds. The van der Waals surface area contributed by atoms with Gasteiger partial charge >= 0.3 is 0 Å². The molecule has 0 radical (unpaired) electrons. The maximum Gasteiger partial charge on any atom is 0.227 e. The highest BCUT2D eigenvalue weighted by molar-refractivity contribution is 5.99. The van der Waals surface area contributed by atoms with E-state index in [1.165, 1.54) is 19.3 Å². The van der Waals surface area contributed by atoms with Gasteiger partial charge in [-0.15, -0.1) is 0 Å². The number of rotatable bonds is 2. The molecule has 4 heterocycles. The van der Waals surface area contributed by atoms with E-state index in [0.717, 1.165) is 35.3 Å². The van der Waals surface area contributed by atoms with Gasteiger partial charge in [-0.1, -0.05) is 19.3 Å². The van der Waals surface area contributed by atoms with Crippen LogP contribution >= 0.6 is 0 Å². The van der Waals surface area contributed by atoms with Gasteiger partial charge in [0, 0.05) is 49.7 Å². The van der Waals surface area contributed by atoms with Crippen LogP contribution in [0.5, 0.6) is 0 Å². The van der Waals surface area contributed by atoms with E-state index >= 15 is 0 Å². The predicted molar refractivity (Wildman–Crippen MR) is 92.8 cm³/mol. The average Bonchev–Trinajstić information content (AvgIpc) is 3.13. The Labute approximate surface area is 140 Å². The third-order valence-electron chi connectivity index (χ3n) is 4.24. The van der Waals surface area contributed by atoms with Crippen molar-refractivity contribution in [2.45, 2.75) is 32.1 Å². The molecule has 0 unspecified atom stereocenters. The quantitative estimate of drug-likeness (QED) is 0.728. The molecular weight excluding hydrogens is 302 g/mol. The maximum atomic E-state index is 12.0. The highest BCUT2D eigenvalue weighted by atomic mass is 16.2. The summed E-state index contributed by atoms with van der Waals surface area (Å²) in [4.78, 5) is 13.8. The highest BCUT2D eigenvalue weighted by Crippen LogP contribution is 2.30. The fourth-order valence-electron chi connectivity index (χ4n) is 2.86. The molecule has 6 nitrogen and oxygen atoms in total. The molecule has 3 aromatic heterocycles. The fourth-order valence-corrected chi connectivity index (χ4v) is 2.86. The van der Waals surface area contributed by atoms with E-state index in [1.54, 1.807) is 10.9 Å².